The van der Waals surface area contributed by atoms with Gasteiger partial charge in [0.05, 0.1) is 6.61 Å². The van der Waals surface area contributed by atoms with Gasteiger partial charge >= 0.3 is 0 Å². The number of methoxy groups -OCH3 is 1. The van der Waals surface area contributed by atoms with Gasteiger partial charge in [-0.3, -0.25) is 4.79 Å². The Morgan fingerprint density at radius 1 is 1.35 bits per heavy atom. The molecule has 0 N–H and O–H groups in total. The summed E-state index contributed by atoms with van der Waals surface area (Å²) in [4.78, 5) is 14.6. The van der Waals surface area contributed by atoms with Crippen molar-refractivity contribution in [1.82, 2.24) is 4.90 Å². The van der Waals surface area contributed by atoms with E-state index in [9.17, 15) is 4.79 Å². The Morgan fingerprint density at radius 2 is 2.10 bits per heavy atom. The molecule has 2 rings (SSSR count). The molecular formula is C16H23NO3. The van der Waals surface area contributed by atoms with Crippen LogP contribution in [0.2, 0.25) is 0 Å². The number of ether oxygens (including phenoxy) is 2. The molecule has 1 aromatic carbocycles. The van der Waals surface area contributed by atoms with Gasteiger partial charge in [0.15, 0.2) is 0 Å². The minimum absolute atomic E-state index is 0.0969. The molecule has 0 radical (unpaired) electrons. The van der Waals surface area contributed by atoms with Gasteiger partial charge in [-0.25, -0.2) is 0 Å². The second kappa shape index (κ2) is 6.75. The van der Waals surface area contributed by atoms with Crippen LogP contribution in [0.5, 0.6) is 5.75 Å². The highest BCUT2D eigenvalue weighted by molar-refractivity contribution is 5.95. The summed E-state index contributed by atoms with van der Waals surface area (Å²) >= 11 is 0. The van der Waals surface area contributed by atoms with Gasteiger partial charge in [0, 0.05) is 24.8 Å². The first kappa shape index (κ1) is 14.9. The molecule has 0 unspecified atom stereocenters. The van der Waals surface area contributed by atoms with Crippen molar-refractivity contribution in [2.24, 2.45) is 0 Å². The molecule has 0 bridgehead atoms. The van der Waals surface area contributed by atoms with Gasteiger partial charge in [0.25, 0.3) is 5.91 Å². The zero-order chi connectivity index (χ0) is 14.5. The average Bonchev–Trinajstić information content (AvgIpc) is 3.24. The normalized spacial score (nSPS) is 14.4. The summed E-state index contributed by atoms with van der Waals surface area (Å²) in [6.45, 7) is 5.16. The number of nitrogens with zero attached hydrogens (tertiary/aromatic N) is 1. The molecule has 1 amide bonds. The van der Waals surface area contributed by atoms with E-state index < -0.39 is 0 Å². The Labute approximate surface area is 120 Å². The van der Waals surface area contributed by atoms with Crippen LogP contribution in [0.25, 0.3) is 0 Å². The molecule has 0 atom stereocenters. The van der Waals surface area contributed by atoms with Crippen molar-refractivity contribution in [3.63, 3.8) is 0 Å². The van der Waals surface area contributed by atoms with E-state index in [-0.39, 0.29) is 11.9 Å². The molecule has 1 fully saturated rings. The fraction of sp³-hybridized carbons (Fsp3) is 0.562. The van der Waals surface area contributed by atoms with Gasteiger partial charge in [-0.1, -0.05) is 6.07 Å². The third-order valence-electron chi connectivity index (χ3n) is 3.37. The molecule has 0 aliphatic heterocycles. The molecule has 0 heterocycles. The molecule has 1 aromatic rings. The number of rotatable bonds is 7. The summed E-state index contributed by atoms with van der Waals surface area (Å²) in [5.41, 5.74) is 0.695. The van der Waals surface area contributed by atoms with Crippen LogP contribution >= 0.6 is 0 Å². The van der Waals surface area contributed by atoms with Crippen LogP contribution < -0.4 is 4.74 Å². The first-order valence-corrected chi connectivity index (χ1v) is 7.18. The predicted molar refractivity (Wildman–Crippen MR) is 78.1 cm³/mol. The van der Waals surface area contributed by atoms with Crippen molar-refractivity contribution in [3.8, 4) is 5.75 Å². The SMILES string of the molecule is COCCOc1cccc(C(=O)N(C(C)C)C2CC2)c1. The molecule has 1 aliphatic rings. The lowest BCUT2D eigenvalue weighted by atomic mass is 10.1. The number of amides is 1. The lowest BCUT2D eigenvalue weighted by Gasteiger charge is -2.26. The second-order valence-corrected chi connectivity index (χ2v) is 5.41. The lowest BCUT2D eigenvalue weighted by Crippen LogP contribution is -2.38. The molecule has 0 aromatic heterocycles. The maximum Gasteiger partial charge on any atom is 0.254 e. The smallest absolute Gasteiger partial charge is 0.254 e. The van der Waals surface area contributed by atoms with E-state index in [0.717, 1.165) is 12.8 Å². The molecule has 4 nitrogen and oxygen atoms in total. The van der Waals surface area contributed by atoms with Crippen molar-refractivity contribution < 1.29 is 14.3 Å². The van der Waals surface area contributed by atoms with Crippen molar-refractivity contribution >= 4 is 5.91 Å². The monoisotopic (exact) mass is 277 g/mol. The van der Waals surface area contributed by atoms with Crippen molar-refractivity contribution in [3.05, 3.63) is 29.8 Å². The Kier molecular flexibility index (Phi) is 5.01. The Morgan fingerprint density at radius 3 is 2.70 bits per heavy atom. The maximum absolute atomic E-state index is 12.6. The van der Waals surface area contributed by atoms with Crippen molar-refractivity contribution in [2.45, 2.75) is 38.8 Å². The first-order valence-electron chi connectivity index (χ1n) is 7.18. The third-order valence-corrected chi connectivity index (χ3v) is 3.37. The Hall–Kier alpha value is -1.55. The summed E-state index contributed by atoms with van der Waals surface area (Å²) in [6.07, 6.45) is 2.24. The summed E-state index contributed by atoms with van der Waals surface area (Å²) in [7, 11) is 1.64. The fourth-order valence-corrected chi connectivity index (χ4v) is 2.29. The van der Waals surface area contributed by atoms with E-state index in [1.807, 2.05) is 29.2 Å². The standard InChI is InChI=1S/C16H23NO3/c1-12(2)17(14-7-8-14)16(18)13-5-4-6-15(11-13)20-10-9-19-3/h4-6,11-12,14H,7-10H2,1-3H3. The molecule has 1 aliphatic carbocycles. The summed E-state index contributed by atoms with van der Waals surface area (Å²) < 4.78 is 10.5. The van der Waals surface area contributed by atoms with E-state index in [1.165, 1.54) is 0 Å². The van der Waals surface area contributed by atoms with Gasteiger partial charge in [-0.05, 0) is 44.9 Å². The number of carbonyl (C=O) groups excluding carboxylic acids is 1. The van der Waals surface area contributed by atoms with Crippen LogP contribution in [0.15, 0.2) is 24.3 Å². The summed E-state index contributed by atoms with van der Waals surface area (Å²) in [5, 5.41) is 0. The topological polar surface area (TPSA) is 38.8 Å². The van der Waals surface area contributed by atoms with Gasteiger partial charge in [0.2, 0.25) is 0 Å². The van der Waals surface area contributed by atoms with E-state index in [0.29, 0.717) is 30.6 Å². The average molecular weight is 277 g/mol. The first-order chi connectivity index (χ1) is 9.63. The highest BCUT2D eigenvalue weighted by atomic mass is 16.5. The van der Waals surface area contributed by atoms with Gasteiger partial charge in [0.1, 0.15) is 12.4 Å². The number of benzene rings is 1. The quantitative estimate of drug-likeness (QED) is 0.719. The molecular weight excluding hydrogens is 254 g/mol. The van der Waals surface area contributed by atoms with Crippen LogP contribution in [-0.4, -0.2) is 43.2 Å². The third kappa shape index (κ3) is 3.73. The summed E-state index contributed by atoms with van der Waals surface area (Å²) in [6, 6.07) is 8.04. The maximum atomic E-state index is 12.6. The van der Waals surface area contributed by atoms with Crippen molar-refractivity contribution in [2.75, 3.05) is 20.3 Å². The van der Waals surface area contributed by atoms with E-state index >= 15 is 0 Å². The number of carbonyl (C=O) groups is 1. The zero-order valence-electron chi connectivity index (χ0n) is 12.5. The summed E-state index contributed by atoms with van der Waals surface area (Å²) in [5.74, 6) is 0.812. The Bertz CT molecular complexity index is 453. The minimum Gasteiger partial charge on any atom is -0.491 e. The largest absolute Gasteiger partial charge is 0.491 e. The highest BCUT2D eigenvalue weighted by Gasteiger charge is 2.34. The van der Waals surface area contributed by atoms with Gasteiger partial charge in [-0.2, -0.15) is 0 Å². The van der Waals surface area contributed by atoms with Crippen LogP contribution in [0.1, 0.15) is 37.0 Å². The number of hydrogen-bond acceptors (Lipinski definition) is 3. The van der Waals surface area contributed by atoms with Gasteiger partial charge in [-0.15, -0.1) is 0 Å². The van der Waals surface area contributed by atoms with Gasteiger partial charge < -0.3 is 14.4 Å². The zero-order valence-corrected chi connectivity index (χ0v) is 12.5. The van der Waals surface area contributed by atoms with E-state index in [1.54, 1.807) is 7.11 Å². The predicted octanol–water partition coefficient (Wildman–Crippen LogP) is 2.72. The Balaban J connectivity index is 2.07. The van der Waals surface area contributed by atoms with E-state index in [2.05, 4.69) is 13.8 Å². The molecule has 110 valence electrons. The second-order valence-electron chi connectivity index (χ2n) is 5.41. The highest BCUT2D eigenvalue weighted by Crippen LogP contribution is 2.30. The lowest BCUT2D eigenvalue weighted by molar-refractivity contribution is 0.0689. The van der Waals surface area contributed by atoms with Crippen LogP contribution in [0.4, 0.5) is 0 Å². The van der Waals surface area contributed by atoms with Crippen LogP contribution in [0.3, 0.4) is 0 Å². The molecule has 20 heavy (non-hydrogen) atoms. The van der Waals surface area contributed by atoms with Crippen LogP contribution in [-0.2, 0) is 4.74 Å². The molecule has 0 spiro atoms. The minimum atomic E-state index is 0.0969. The molecule has 4 heteroatoms. The molecule has 1 saturated carbocycles. The fourth-order valence-electron chi connectivity index (χ4n) is 2.29. The molecule has 0 saturated heterocycles. The van der Waals surface area contributed by atoms with Crippen molar-refractivity contribution in [1.29, 1.82) is 0 Å². The van der Waals surface area contributed by atoms with E-state index in [4.69, 9.17) is 9.47 Å². The number of hydrogen-bond donors (Lipinski definition) is 0. The van der Waals surface area contributed by atoms with Crippen LogP contribution in [0, 0.1) is 0 Å².